The fourth-order valence-corrected chi connectivity index (χ4v) is 3.17. The SMILES string of the molecule is CN=C(NCCCOCC1CCOCC1)NCC(C)(C)c1ccccc1F. The Kier molecular flexibility index (Phi) is 9.01. The van der Waals surface area contributed by atoms with E-state index in [-0.39, 0.29) is 11.2 Å². The molecule has 1 aliphatic heterocycles. The lowest BCUT2D eigenvalue weighted by atomic mass is 9.84. The summed E-state index contributed by atoms with van der Waals surface area (Å²) in [6, 6.07) is 6.92. The molecule has 1 aliphatic rings. The van der Waals surface area contributed by atoms with Crippen molar-refractivity contribution in [2.75, 3.05) is 46.6 Å². The van der Waals surface area contributed by atoms with Crippen LogP contribution in [0.5, 0.6) is 0 Å². The van der Waals surface area contributed by atoms with Crippen LogP contribution in [0.1, 0.15) is 38.7 Å². The van der Waals surface area contributed by atoms with Crippen molar-refractivity contribution in [3.05, 3.63) is 35.6 Å². The normalized spacial score (nSPS) is 16.4. The van der Waals surface area contributed by atoms with Gasteiger partial charge >= 0.3 is 0 Å². The number of hydrogen-bond acceptors (Lipinski definition) is 3. The number of halogens is 1. The number of nitrogens with zero attached hydrogens (tertiary/aromatic N) is 1. The number of benzene rings is 1. The summed E-state index contributed by atoms with van der Waals surface area (Å²) in [5.41, 5.74) is 0.366. The van der Waals surface area contributed by atoms with Gasteiger partial charge in [-0.1, -0.05) is 32.0 Å². The van der Waals surface area contributed by atoms with Crippen LogP contribution in [0.25, 0.3) is 0 Å². The predicted octanol–water partition coefficient (Wildman–Crippen LogP) is 3.10. The summed E-state index contributed by atoms with van der Waals surface area (Å²) in [6.07, 6.45) is 3.12. The van der Waals surface area contributed by atoms with E-state index in [4.69, 9.17) is 9.47 Å². The Morgan fingerprint density at radius 3 is 2.70 bits per heavy atom. The molecule has 1 aromatic rings. The molecule has 0 unspecified atom stereocenters. The molecule has 1 heterocycles. The predicted molar refractivity (Wildman–Crippen MR) is 108 cm³/mol. The van der Waals surface area contributed by atoms with Crippen molar-refractivity contribution in [1.82, 2.24) is 10.6 Å². The largest absolute Gasteiger partial charge is 0.381 e. The van der Waals surface area contributed by atoms with Crippen LogP contribution in [0.4, 0.5) is 4.39 Å². The van der Waals surface area contributed by atoms with Crippen molar-refractivity contribution in [2.45, 2.75) is 38.5 Å². The molecule has 0 saturated carbocycles. The number of ether oxygens (including phenoxy) is 2. The average Bonchev–Trinajstić information content (AvgIpc) is 2.68. The highest BCUT2D eigenvalue weighted by Gasteiger charge is 2.24. The molecule has 1 saturated heterocycles. The Labute approximate surface area is 162 Å². The van der Waals surface area contributed by atoms with Gasteiger partial charge in [-0.25, -0.2) is 4.39 Å². The standard InChI is InChI=1S/C21H34FN3O2/c1-21(2,18-7-4-5-8-19(18)22)16-25-20(23-3)24-11-6-12-27-15-17-9-13-26-14-10-17/h4-5,7-8,17H,6,9-16H2,1-3H3,(H2,23,24,25). The van der Waals surface area contributed by atoms with Gasteiger partial charge in [0.2, 0.25) is 0 Å². The van der Waals surface area contributed by atoms with Gasteiger partial charge in [-0.05, 0) is 36.8 Å². The van der Waals surface area contributed by atoms with Crippen molar-refractivity contribution >= 4 is 5.96 Å². The third-order valence-electron chi connectivity index (χ3n) is 4.98. The smallest absolute Gasteiger partial charge is 0.191 e. The van der Waals surface area contributed by atoms with Gasteiger partial charge in [-0.15, -0.1) is 0 Å². The number of hydrogen-bond donors (Lipinski definition) is 2. The summed E-state index contributed by atoms with van der Waals surface area (Å²) in [6.45, 7) is 8.71. The highest BCUT2D eigenvalue weighted by atomic mass is 19.1. The monoisotopic (exact) mass is 379 g/mol. The highest BCUT2D eigenvalue weighted by molar-refractivity contribution is 5.79. The molecule has 2 rings (SSSR count). The van der Waals surface area contributed by atoms with E-state index in [1.165, 1.54) is 6.07 Å². The lowest BCUT2D eigenvalue weighted by molar-refractivity contribution is 0.0203. The number of guanidine groups is 1. The Bertz CT molecular complexity index is 587. The van der Waals surface area contributed by atoms with Gasteiger partial charge < -0.3 is 20.1 Å². The summed E-state index contributed by atoms with van der Waals surface area (Å²) in [5.74, 6) is 1.19. The van der Waals surface area contributed by atoms with Crippen LogP contribution in [0, 0.1) is 11.7 Å². The zero-order chi connectivity index (χ0) is 19.5. The van der Waals surface area contributed by atoms with Crippen molar-refractivity contribution in [3.8, 4) is 0 Å². The average molecular weight is 380 g/mol. The van der Waals surface area contributed by atoms with E-state index in [0.29, 0.717) is 18.0 Å². The van der Waals surface area contributed by atoms with Crippen molar-refractivity contribution < 1.29 is 13.9 Å². The molecule has 152 valence electrons. The zero-order valence-corrected chi connectivity index (χ0v) is 16.9. The lowest BCUT2D eigenvalue weighted by Crippen LogP contribution is -2.44. The second-order valence-electron chi connectivity index (χ2n) is 7.70. The third-order valence-corrected chi connectivity index (χ3v) is 4.98. The molecule has 2 N–H and O–H groups in total. The fraction of sp³-hybridized carbons (Fsp3) is 0.667. The second kappa shape index (κ2) is 11.2. The summed E-state index contributed by atoms with van der Waals surface area (Å²) >= 11 is 0. The summed E-state index contributed by atoms with van der Waals surface area (Å²) in [7, 11) is 1.74. The van der Waals surface area contributed by atoms with Gasteiger partial charge in [0.05, 0.1) is 0 Å². The number of nitrogens with one attached hydrogen (secondary N) is 2. The van der Waals surface area contributed by atoms with Gasteiger partial charge in [-0.2, -0.15) is 0 Å². The van der Waals surface area contributed by atoms with Gasteiger partial charge in [-0.3, -0.25) is 4.99 Å². The molecule has 0 bridgehead atoms. The van der Waals surface area contributed by atoms with Crippen LogP contribution < -0.4 is 10.6 Å². The molecular formula is C21H34FN3O2. The first-order chi connectivity index (χ1) is 13.0. The second-order valence-corrected chi connectivity index (χ2v) is 7.70. The van der Waals surface area contributed by atoms with E-state index in [9.17, 15) is 4.39 Å². The summed E-state index contributed by atoms with van der Waals surface area (Å²) in [5, 5.41) is 6.59. The minimum atomic E-state index is -0.338. The van der Waals surface area contributed by atoms with Gasteiger partial charge in [0.1, 0.15) is 5.82 Å². The molecule has 0 amide bonds. The van der Waals surface area contributed by atoms with Crippen molar-refractivity contribution in [2.24, 2.45) is 10.9 Å². The van der Waals surface area contributed by atoms with Gasteiger partial charge in [0.15, 0.2) is 5.96 Å². The number of rotatable bonds is 9. The maximum absolute atomic E-state index is 14.1. The fourth-order valence-electron chi connectivity index (χ4n) is 3.17. The molecule has 1 aromatic carbocycles. The van der Waals surface area contributed by atoms with Gasteiger partial charge in [0.25, 0.3) is 0 Å². The first-order valence-corrected chi connectivity index (χ1v) is 9.88. The maximum Gasteiger partial charge on any atom is 0.191 e. The van der Waals surface area contributed by atoms with E-state index in [0.717, 1.165) is 58.2 Å². The van der Waals surface area contributed by atoms with Crippen LogP contribution in [0.3, 0.4) is 0 Å². The van der Waals surface area contributed by atoms with E-state index >= 15 is 0 Å². The van der Waals surface area contributed by atoms with E-state index in [2.05, 4.69) is 15.6 Å². The molecule has 0 aromatic heterocycles. The molecular weight excluding hydrogens is 345 g/mol. The Morgan fingerprint density at radius 1 is 1.26 bits per heavy atom. The minimum Gasteiger partial charge on any atom is -0.381 e. The van der Waals surface area contributed by atoms with E-state index in [1.54, 1.807) is 13.1 Å². The van der Waals surface area contributed by atoms with Gasteiger partial charge in [0, 0.05) is 52.0 Å². The Hall–Kier alpha value is -1.66. The number of aliphatic imine (C=N–C) groups is 1. The molecule has 5 nitrogen and oxygen atoms in total. The van der Waals surface area contributed by atoms with Crippen LogP contribution in [0.15, 0.2) is 29.3 Å². The molecule has 1 fully saturated rings. The molecule has 6 heteroatoms. The maximum atomic E-state index is 14.1. The van der Waals surface area contributed by atoms with Crippen molar-refractivity contribution in [1.29, 1.82) is 0 Å². The topological polar surface area (TPSA) is 54.9 Å². The van der Waals surface area contributed by atoms with Crippen LogP contribution >= 0.6 is 0 Å². The Balaban J connectivity index is 1.63. The van der Waals surface area contributed by atoms with Crippen LogP contribution in [-0.2, 0) is 14.9 Å². The van der Waals surface area contributed by atoms with Crippen LogP contribution in [-0.4, -0.2) is 52.5 Å². The molecule has 27 heavy (non-hydrogen) atoms. The lowest BCUT2D eigenvalue weighted by Gasteiger charge is -2.27. The Morgan fingerprint density at radius 2 is 2.00 bits per heavy atom. The highest BCUT2D eigenvalue weighted by Crippen LogP contribution is 2.24. The quantitative estimate of drug-likeness (QED) is 0.393. The van der Waals surface area contributed by atoms with Crippen molar-refractivity contribution in [3.63, 3.8) is 0 Å². The van der Waals surface area contributed by atoms with E-state index in [1.807, 2.05) is 26.0 Å². The minimum absolute atomic E-state index is 0.172. The van der Waals surface area contributed by atoms with Crippen LogP contribution in [0.2, 0.25) is 0 Å². The zero-order valence-electron chi connectivity index (χ0n) is 16.9. The molecule has 0 aliphatic carbocycles. The molecule has 0 spiro atoms. The first-order valence-electron chi connectivity index (χ1n) is 9.88. The summed E-state index contributed by atoms with van der Waals surface area (Å²) in [4.78, 5) is 4.24. The molecule has 0 radical (unpaired) electrons. The third kappa shape index (κ3) is 7.46. The van der Waals surface area contributed by atoms with E-state index < -0.39 is 0 Å². The summed E-state index contributed by atoms with van der Waals surface area (Å²) < 4.78 is 25.2. The first kappa shape index (κ1) is 21.6. The molecule has 0 atom stereocenters.